The maximum Gasteiger partial charge on any atom is 0.220 e. The molecule has 0 aliphatic rings. The fourth-order valence-corrected chi connectivity index (χ4v) is 4.72. The molecule has 0 aliphatic carbocycles. The normalized spacial score (nSPS) is 14.2. The monoisotopic (exact) mass is 477 g/mol. The van der Waals surface area contributed by atoms with Gasteiger partial charge in [-0.3, -0.25) is 4.79 Å². The molecule has 0 bridgehead atoms. The number of amides is 1. The molecular weight excluding hydrogens is 426 g/mol. The molecule has 1 aromatic carbocycles. The van der Waals surface area contributed by atoms with Crippen molar-refractivity contribution in [2.45, 2.75) is 129 Å². The molecule has 2 atom stereocenters. The summed E-state index contributed by atoms with van der Waals surface area (Å²) in [5.74, 6) is 0.0713. The van der Waals surface area contributed by atoms with E-state index in [1.54, 1.807) is 0 Å². The van der Waals surface area contributed by atoms with Crippen LogP contribution in [-0.2, 0) is 9.22 Å². The molecule has 5 heteroatoms. The number of carbonyl (C=O) groups excluding carboxylic acids is 1. The Morgan fingerprint density at radius 2 is 1.52 bits per heavy atom. The van der Waals surface area contributed by atoms with E-state index in [-0.39, 0.29) is 17.0 Å². The van der Waals surface area contributed by atoms with Gasteiger partial charge in [-0.1, -0.05) is 109 Å². The number of rotatable bonds is 17. The molecule has 2 N–H and O–H groups in total. The summed E-state index contributed by atoms with van der Waals surface area (Å²) in [6.07, 6.45) is 11.6. The van der Waals surface area contributed by atoms with Crippen LogP contribution in [0, 0.1) is 0 Å². The van der Waals surface area contributed by atoms with Crippen molar-refractivity contribution in [1.29, 1.82) is 0 Å². The van der Waals surface area contributed by atoms with Crippen molar-refractivity contribution < 1.29 is 14.3 Å². The maximum atomic E-state index is 12.7. The first-order valence-electron chi connectivity index (χ1n) is 13.2. The summed E-state index contributed by atoms with van der Waals surface area (Å²) in [4.78, 5) is 12.7. The summed E-state index contributed by atoms with van der Waals surface area (Å²) in [6.45, 7) is 13.8. The van der Waals surface area contributed by atoms with Crippen LogP contribution in [0.3, 0.4) is 0 Å². The van der Waals surface area contributed by atoms with E-state index in [1.165, 1.54) is 44.9 Å². The Balaban J connectivity index is 2.51. The van der Waals surface area contributed by atoms with Crippen molar-refractivity contribution in [3.05, 3.63) is 35.9 Å². The molecule has 0 fully saturated rings. The Kier molecular flexibility index (Phi) is 14.2. The van der Waals surface area contributed by atoms with Crippen LogP contribution in [0.2, 0.25) is 18.1 Å². The van der Waals surface area contributed by atoms with E-state index in [9.17, 15) is 9.90 Å². The highest BCUT2D eigenvalue weighted by Gasteiger charge is 2.37. The van der Waals surface area contributed by atoms with Crippen LogP contribution in [0.4, 0.5) is 0 Å². The second-order valence-corrected chi connectivity index (χ2v) is 15.9. The molecule has 0 aromatic heterocycles. The predicted molar refractivity (Wildman–Crippen MR) is 143 cm³/mol. The number of unbranched alkanes of at least 4 members (excludes halogenated alkanes) is 8. The van der Waals surface area contributed by atoms with Gasteiger partial charge in [-0.25, -0.2) is 0 Å². The van der Waals surface area contributed by atoms with Gasteiger partial charge in [0.05, 0.1) is 18.8 Å². The highest BCUT2D eigenvalue weighted by atomic mass is 28.4. The molecule has 1 rings (SSSR count). The summed E-state index contributed by atoms with van der Waals surface area (Å²) in [6, 6.07) is 9.48. The Bertz CT molecular complexity index is 642. The smallest absolute Gasteiger partial charge is 0.220 e. The minimum atomic E-state index is -1.93. The highest BCUT2D eigenvalue weighted by Crippen LogP contribution is 2.36. The van der Waals surface area contributed by atoms with Crippen LogP contribution in [0.5, 0.6) is 0 Å². The van der Waals surface area contributed by atoms with Crippen LogP contribution in [0.15, 0.2) is 30.3 Å². The first kappa shape index (κ1) is 29.9. The minimum absolute atomic E-state index is 0.0713. The van der Waals surface area contributed by atoms with Gasteiger partial charge < -0.3 is 14.8 Å². The SMILES string of the molecule is CCCCCCCCCCCC(=O)N[C@@H](CO[Si](C)(C)C(C)(C)C)C[C@@H](O)c1ccccc1. The Morgan fingerprint density at radius 1 is 0.970 bits per heavy atom. The van der Waals surface area contributed by atoms with Gasteiger partial charge in [0.2, 0.25) is 5.91 Å². The van der Waals surface area contributed by atoms with Gasteiger partial charge in [-0.05, 0) is 36.5 Å². The number of carbonyl (C=O) groups is 1. The third-order valence-corrected chi connectivity index (χ3v) is 11.5. The van der Waals surface area contributed by atoms with Crippen molar-refractivity contribution in [2.24, 2.45) is 0 Å². The average molecular weight is 478 g/mol. The van der Waals surface area contributed by atoms with Gasteiger partial charge in [0.25, 0.3) is 0 Å². The molecular formula is C28H51NO3Si. The van der Waals surface area contributed by atoms with Gasteiger partial charge in [-0.2, -0.15) is 0 Å². The van der Waals surface area contributed by atoms with Gasteiger partial charge in [0, 0.05) is 6.42 Å². The third kappa shape index (κ3) is 12.7. The number of benzene rings is 1. The Labute approximate surface area is 205 Å². The average Bonchev–Trinajstić information content (AvgIpc) is 2.76. The molecule has 1 amide bonds. The van der Waals surface area contributed by atoms with Crippen LogP contribution in [0.1, 0.15) is 110 Å². The van der Waals surface area contributed by atoms with Gasteiger partial charge in [-0.15, -0.1) is 0 Å². The molecule has 0 spiro atoms. The topological polar surface area (TPSA) is 58.6 Å². The minimum Gasteiger partial charge on any atom is -0.415 e. The Hall–Kier alpha value is -1.17. The van der Waals surface area contributed by atoms with E-state index < -0.39 is 14.4 Å². The van der Waals surface area contributed by atoms with Crippen LogP contribution in [0.25, 0.3) is 0 Å². The molecule has 0 saturated heterocycles. The van der Waals surface area contributed by atoms with Crippen LogP contribution in [-0.4, -0.2) is 32.0 Å². The lowest BCUT2D eigenvalue weighted by Gasteiger charge is -2.37. The predicted octanol–water partition coefficient (Wildman–Crippen LogP) is 7.54. The quantitative estimate of drug-likeness (QED) is 0.180. The third-order valence-electron chi connectivity index (χ3n) is 7.02. The molecule has 4 nitrogen and oxygen atoms in total. The van der Waals surface area contributed by atoms with Crippen molar-refractivity contribution >= 4 is 14.2 Å². The first-order chi connectivity index (χ1) is 15.6. The number of aliphatic hydroxyl groups is 1. The summed E-state index contributed by atoms with van der Waals surface area (Å²) in [7, 11) is -1.93. The number of hydrogen-bond donors (Lipinski definition) is 2. The van der Waals surface area contributed by atoms with E-state index >= 15 is 0 Å². The van der Waals surface area contributed by atoms with Crippen molar-refractivity contribution in [2.75, 3.05) is 6.61 Å². The molecule has 1 aromatic rings. The second-order valence-electron chi connectivity index (χ2n) is 11.1. The molecule has 0 unspecified atom stereocenters. The second kappa shape index (κ2) is 15.7. The number of aliphatic hydroxyl groups excluding tert-OH is 1. The van der Waals surface area contributed by atoms with Gasteiger partial charge >= 0.3 is 0 Å². The number of hydrogen-bond acceptors (Lipinski definition) is 3. The highest BCUT2D eigenvalue weighted by molar-refractivity contribution is 6.74. The fraction of sp³-hybridized carbons (Fsp3) is 0.750. The van der Waals surface area contributed by atoms with Crippen LogP contribution < -0.4 is 5.32 Å². The zero-order valence-electron chi connectivity index (χ0n) is 22.3. The van der Waals surface area contributed by atoms with E-state index in [4.69, 9.17) is 4.43 Å². The summed E-state index contributed by atoms with van der Waals surface area (Å²) in [5.41, 5.74) is 0.878. The molecule has 0 saturated carbocycles. The van der Waals surface area contributed by atoms with E-state index in [0.717, 1.165) is 18.4 Å². The van der Waals surface area contributed by atoms with Gasteiger partial charge in [0.15, 0.2) is 8.32 Å². The first-order valence-corrected chi connectivity index (χ1v) is 16.1. The zero-order chi connectivity index (χ0) is 24.7. The molecule has 33 heavy (non-hydrogen) atoms. The lowest BCUT2D eigenvalue weighted by molar-refractivity contribution is -0.122. The molecule has 190 valence electrons. The van der Waals surface area contributed by atoms with Crippen molar-refractivity contribution in [3.63, 3.8) is 0 Å². The largest absolute Gasteiger partial charge is 0.415 e. The van der Waals surface area contributed by atoms with E-state index in [1.807, 2.05) is 30.3 Å². The molecule has 0 aliphatic heterocycles. The van der Waals surface area contributed by atoms with E-state index in [0.29, 0.717) is 19.4 Å². The lowest BCUT2D eigenvalue weighted by atomic mass is 10.0. The van der Waals surface area contributed by atoms with Gasteiger partial charge in [0.1, 0.15) is 0 Å². The summed E-state index contributed by atoms with van der Waals surface area (Å²) < 4.78 is 6.40. The summed E-state index contributed by atoms with van der Waals surface area (Å²) in [5, 5.41) is 14.0. The van der Waals surface area contributed by atoms with Crippen LogP contribution >= 0.6 is 0 Å². The van der Waals surface area contributed by atoms with E-state index in [2.05, 4.69) is 46.1 Å². The molecule has 0 heterocycles. The standard InChI is InChI=1S/C28H51NO3Si/c1-7-8-9-10-11-12-13-14-18-21-27(31)29-25(23-32-33(5,6)28(2,3)4)22-26(30)24-19-16-15-17-20-24/h15-17,19-20,25-26,30H,7-14,18,21-23H2,1-6H3,(H,29,31)/t25-,26-/m1/s1. The molecule has 0 radical (unpaired) electrons. The van der Waals surface area contributed by atoms with Crippen molar-refractivity contribution in [3.8, 4) is 0 Å². The maximum absolute atomic E-state index is 12.7. The van der Waals surface area contributed by atoms with Crippen molar-refractivity contribution in [1.82, 2.24) is 5.32 Å². The lowest BCUT2D eigenvalue weighted by Crippen LogP contribution is -2.46. The summed E-state index contributed by atoms with van der Waals surface area (Å²) >= 11 is 0. The fourth-order valence-electron chi connectivity index (χ4n) is 3.67. The number of nitrogens with one attached hydrogen (secondary N) is 1. The Morgan fingerprint density at radius 3 is 2.06 bits per heavy atom. The zero-order valence-corrected chi connectivity index (χ0v) is 23.3.